The van der Waals surface area contributed by atoms with Crippen molar-refractivity contribution in [2.24, 2.45) is 0 Å². The van der Waals surface area contributed by atoms with E-state index in [0.717, 1.165) is 27.1 Å². The molecule has 0 aliphatic carbocycles. The summed E-state index contributed by atoms with van der Waals surface area (Å²) in [6.45, 7) is 0. The van der Waals surface area contributed by atoms with Crippen LogP contribution in [0.1, 0.15) is 5.56 Å². The first-order valence-electron chi connectivity index (χ1n) is 8.33. The van der Waals surface area contributed by atoms with Crippen LogP contribution >= 0.6 is 11.3 Å². The molecule has 28 heavy (non-hydrogen) atoms. The van der Waals surface area contributed by atoms with Gasteiger partial charge in [0.2, 0.25) is 4.96 Å². The predicted molar refractivity (Wildman–Crippen MR) is 108 cm³/mol. The van der Waals surface area contributed by atoms with Crippen molar-refractivity contribution in [3.8, 4) is 17.2 Å². The van der Waals surface area contributed by atoms with Crippen LogP contribution in [0.25, 0.3) is 21.9 Å². The summed E-state index contributed by atoms with van der Waals surface area (Å²) in [7, 11) is 4.59. The van der Waals surface area contributed by atoms with Gasteiger partial charge in [-0.2, -0.15) is 0 Å². The van der Waals surface area contributed by atoms with Crippen molar-refractivity contribution < 1.29 is 14.2 Å². The maximum atomic E-state index is 12.9. The fourth-order valence-corrected chi connectivity index (χ4v) is 3.91. The van der Waals surface area contributed by atoms with Gasteiger partial charge in [-0.15, -0.1) is 0 Å². The lowest BCUT2D eigenvalue weighted by Crippen LogP contribution is -2.31. The average molecular weight is 396 g/mol. The summed E-state index contributed by atoms with van der Waals surface area (Å²) in [5.41, 5.74) is 0.437. The molecule has 0 amide bonds. The van der Waals surface area contributed by atoms with Crippen LogP contribution in [0.2, 0.25) is 0 Å². The summed E-state index contributed by atoms with van der Waals surface area (Å²) >= 11 is 1.16. The van der Waals surface area contributed by atoms with E-state index in [0.29, 0.717) is 31.9 Å². The van der Waals surface area contributed by atoms with E-state index >= 15 is 0 Å². The lowest BCUT2D eigenvalue weighted by Gasteiger charge is -2.08. The van der Waals surface area contributed by atoms with E-state index in [-0.39, 0.29) is 0 Å². The van der Waals surface area contributed by atoms with Crippen LogP contribution in [0, 0.1) is 0 Å². The average Bonchev–Trinajstić information content (AvgIpc) is 3.03. The number of hydrogen-bond acceptors (Lipinski definition) is 7. The van der Waals surface area contributed by atoms with Gasteiger partial charge in [0.1, 0.15) is 5.75 Å². The number of ether oxygens (including phenoxy) is 3. The summed E-state index contributed by atoms with van der Waals surface area (Å²) in [6.07, 6.45) is 1.73. The Hall–Kier alpha value is -3.39. The van der Waals surface area contributed by atoms with Gasteiger partial charge >= 0.3 is 0 Å². The van der Waals surface area contributed by atoms with Crippen LogP contribution in [0.3, 0.4) is 0 Å². The topological polar surface area (TPSA) is 79.1 Å². The number of hydrogen-bond donors (Lipinski definition) is 0. The molecule has 0 saturated heterocycles. The second-order valence-electron chi connectivity index (χ2n) is 5.95. The second kappa shape index (κ2) is 6.97. The number of fused-ring (bicyclic) bond motifs is 2. The Balaban J connectivity index is 1.98. The largest absolute Gasteiger partial charge is 0.497 e. The normalized spacial score (nSPS) is 11.9. The van der Waals surface area contributed by atoms with Crippen LogP contribution in [0.5, 0.6) is 17.2 Å². The Morgan fingerprint density at radius 3 is 2.25 bits per heavy atom. The van der Waals surface area contributed by atoms with Crippen LogP contribution in [0.15, 0.2) is 46.0 Å². The highest BCUT2D eigenvalue weighted by Crippen LogP contribution is 2.30. The van der Waals surface area contributed by atoms with E-state index in [9.17, 15) is 9.59 Å². The molecule has 0 unspecified atom stereocenters. The van der Waals surface area contributed by atoms with Gasteiger partial charge in [-0.1, -0.05) is 23.5 Å². The predicted octanol–water partition coefficient (Wildman–Crippen LogP) is 1.84. The summed E-state index contributed by atoms with van der Waals surface area (Å²) in [4.78, 5) is 30.6. The van der Waals surface area contributed by atoms with Gasteiger partial charge in [-0.05, 0) is 29.8 Å². The van der Waals surface area contributed by atoms with Crippen molar-refractivity contribution in [1.82, 2.24) is 9.38 Å². The van der Waals surface area contributed by atoms with E-state index in [1.54, 1.807) is 37.5 Å². The number of nitrogens with zero attached hydrogens (tertiary/aromatic N) is 2. The minimum Gasteiger partial charge on any atom is -0.497 e. The Morgan fingerprint density at radius 1 is 0.929 bits per heavy atom. The quantitative estimate of drug-likeness (QED) is 0.524. The molecule has 0 aliphatic rings. The lowest BCUT2D eigenvalue weighted by atomic mass is 10.2. The van der Waals surface area contributed by atoms with Crippen LogP contribution in [-0.2, 0) is 0 Å². The molecular weight excluding hydrogens is 380 g/mol. The Labute approximate surface area is 163 Å². The number of rotatable bonds is 4. The number of aromatic nitrogens is 2. The first-order valence-corrected chi connectivity index (χ1v) is 9.14. The first kappa shape index (κ1) is 18.0. The Kier molecular flexibility index (Phi) is 4.48. The molecule has 0 atom stereocenters. The second-order valence-corrected chi connectivity index (χ2v) is 6.96. The van der Waals surface area contributed by atoms with E-state index < -0.39 is 11.1 Å². The Bertz CT molecular complexity index is 1360. The molecule has 0 radical (unpaired) electrons. The zero-order valence-electron chi connectivity index (χ0n) is 15.4. The third-order valence-electron chi connectivity index (χ3n) is 4.37. The molecule has 2 heterocycles. The van der Waals surface area contributed by atoms with E-state index in [1.165, 1.54) is 14.2 Å². The van der Waals surface area contributed by atoms with Crippen LogP contribution in [-0.4, -0.2) is 30.7 Å². The molecule has 0 aliphatic heterocycles. The third-order valence-corrected chi connectivity index (χ3v) is 5.34. The van der Waals surface area contributed by atoms with Crippen LogP contribution < -0.4 is 29.9 Å². The monoisotopic (exact) mass is 396 g/mol. The molecule has 4 rings (SSSR count). The number of thiazole rings is 1. The first-order chi connectivity index (χ1) is 13.5. The molecule has 7 nitrogen and oxygen atoms in total. The molecule has 2 aromatic heterocycles. The maximum Gasteiger partial charge on any atom is 0.277 e. The summed E-state index contributed by atoms with van der Waals surface area (Å²) < 4.78 is 17.2. The molecule has 0 bridgehead atoms. The van der Waals surface area contributed by atoms with Crippen molar-refractivity contribution in [3.63, 3.8) is 0 Å². The Morgan fingerprint density at radius 2 is 1.61 bits per heavy atom. The fourth-order valence-electron chi connectivity index (χ4n) is 2.93. The molecule has 8 heteroatoms. The van der Waals surface area contributed by atoms with Gasteiger partial charge in [-0.3, -0.25) is 9.59 Å². The van der Waals surface area contributed by atoms with Crippen molar-refractivity contribution in [1.29, 1.82) is 0 Å². The highest BCUT2D eigenvalue weighted by Gasteiger charge is 2.15. The van der Waals surface area contributed by atoms with Crippen molar-refractivity contribution in [3.05, 3.63) is 67.2 Å². The minimum atomic E-state index is -0.434. The van der Waals surface area contributed by atoms with Gasteiger partial charge in [0.25, 0.3) is 11.1 Å². The van der Waals surface area contributed by atoms with Gasteiger partial charge in [0.15, 0.2) is 11.5 Å². The zero-order valence-corrected chi connectivity index (χ0v) is 16.2. The zero-order chi connectivity index (χ0) is 19.8. The van der Waals surface area contributed by atoms with Crippen LogP contribution in [0.4, 0.5) is 0 Å². The number of benzene rings is 2. The smallest absolute Gasteiger partial charge is 0.277 e. The third kappa shape index (κ3) is 2.87. The molecule has 0 saturated carbocycles. The fraction of sp³-hybridized carbons (Fsp3) is 0.150. The molecule has 4 aromatic rings. The van der Waals surface area contributed by atoms with Crippen molar-refractivity contribution >= 4 is 33.3 Å². The lowest BCUT2D eigenvalue weighted by molar-refractivity contribution is 0.355. The summed E-state index contributed by atoms with van der Waals surface area (Å²) in [6, 6.07) is 10.5. The maximum absolute atomic E-state index is 12.9. The van der Waals surface area contributed by atoms with Gasteiger partial charge in [0.05, 0.1) is 36.8 Å². The van der Waals surface area contributed by atoms with Crippen molar-refractivity contribution in [2.45, 2.75) is 0 Å². The highest BCUT2D eigenvalue weighted by atomic mass is 32.1. The highest BCUT2D eigenvalue weighted by molar-refractivity contribution is 7.15. The number of methoxy groups -OCH3 is 3. The van der Waals surface area contributed by atoms with E-state index in [2.05, 4.69) is 4.98 Å². The molecule has 0 fully saturated rings. The molecule has 142 valence electrons. The standard InChI is InChI=1S/C20H16N2O5S/c1-25-12-6-4-11(5-7-12)8-17-19(24)22-18(23)13-9-15(26-2)16(27-3)10-14(13)21-20(22)28-17/h4-10H,1-3H3/b17-8+. The van der Waals surface area contributed by atoms with E-state index in [4.69, 9.17) is 14.2 Å². The molecule has 2 aromatic carbocycles. The summed E-state index contributed by atoms with van der Waals surface area (Å²) in [5.74, 6) is 1.60. The van der Waals surface area contributed by atoms with E-state index in [1.807, 2.05) is 12.1 Å². The van der Waals surface area contributed by atoms with Crippen molar-refractivity contribution in [2.75, 3.05) is 21.3 Å². The molecule has 0 spiro atoms. The SMILES string of the molecule is COc1ccc(/C=c2/sc3nc4cc(OC)c(OC)cc4c(=O)n3c2=O)cc1. The van der Waals surface area contributed by atoms with Gasteiger partial charge < -0.3 is 14.2 Å². The molecule has 0 N–H and O–H groups in total. The minimum absolute atomic E-state index is 0.293. The summed E-state index contributed by atoms with van der Waals surface area (Å²) in [5, 5.41) is 0.293. The van der Waals surface area contributed by atoms with Gasteiger partial charge in [-0.25, -0.2) is 9.38 Å². The molecular formula is C20H16N2O5S. The van der Waals surface area contributed by atoms with Gasteiger partial charge in [0, 0.05) is 6.07 Å².